The van der Waals surface area contributed by atoms with Gasteiger partial charge in [0.15, 0.2) is 0 Å². The first kappa shape index (κ1) is 33.0. The van der Waals surface area contributed by atoms with Gasteiger partial charge in [0.05, 0.1) is 0 Å². The van der Waals surface area contributed by atoms with Gasteiger partial charge < -0.3 is 9.80 Å². The standard InChI is InChI=1S/C53H42N2/c1-35-19-24-41(25-20-35)54(39-13-7-5-8-14-39)43-28-23-37-32-49-50(33-38(37)31-43)53(3,4)52-47-30-29-44(34-48(47)45-17-11-12-18-46(45)51(49)52)55(40-15-9-6-10-16-40)42-26-21-36(2)22-27-42/h5-34H,1-4H3. The molecule has 0 spiro atoms. The smallest absolute Gasteiger partial charge is 0.0468 e. The molecule has 55 heavy (non-hydrogen) atoms. The third kappa shape index (κ3) is 5.40. The van der Waals surface area contributed by atoms with E-state index < -0.39 is 0 Å². The average molecular weight is 707 g/mol. The van der Waals surface area contributed by atoms with Gasteiger partial charge in [-0.25, -0.2) is 0 Å². The Morgan fingerprint density at radius 1 is 0.364 bits per heavy atom. The summed E-state index contributed by atoms with van der Waals surface area (Å²) in [4.78, 5) is 4.74. The Labute approximate surface area is 323 Å². The fraction of sp³-hybridized carbons (Fsp3) is 0.0943. The van der Waals surface area contributed by atoms with E-state index in [0.29, 0.717) is 0 Å². The summed E-state index contributed by atoms with van der Waals surface area (Å²) >= 11 is 0. The van der Waals surface area contributed by atoms with Crippen molar-refractivity contribution in [2.75, 3.05) is 9.80 Å². The van der Waals surface area contributed by atoms with Gasteiger partial charge in [-0.15, -0.1) is 0 Å². The topological polar surface area (TPSA) is 6.48 Å². The summed E-state index contributed by atoms with van der Waals surface area (Å²) in [6.45, 7) is 9.12. The molecular weight excluding hydrogens is 665 g/mol. The van der Waals surface area contributed by atoms with E-state index in [0.717, 1.165) is 34.1 Å². The van der Waals surface area contributed by atoms with Crippen LogP contribution in [0.5, 0.6) is 0 Å². The number of hydrogen-bond donors (Lipinski definition) is 0. The van der Waals surface area contributed by atoms with Gasteiger partial charge in [0, 0.05) is 39.5 Å². The van der Waals surface area contributed by atoms with Gasteiger partial charge in [-0.1, -0.05) is 122 Å². The molecule has 9 aromatic carbocycles. The van der Waals surface area contributed by atoms with Crippen LogP contribution in [0.4, 0.5) is 34.1 Å². The molecule has 0 aromatic heterocycles. The van der Waals surface area contributed by atoms with E-state index in [-0.39, 0.29) is 5.41 Å². The van der Waals surface area contributed by atoms with Gasteiger partial charge in [-0.05, 0) is 153 Å². The fourth-order valence-corrected chi connectivity index (χ4v) is 8.97. The highest BCUT2D eigenvalue weighted by Crippen LogP contribution is 2.56. The summed E-state index contributed by atoms with van der Waals surface area (Å²) in [6.07, 6.45) is 0. The van der Waals surface area contributed by atoms with Crippen molar-refractivity contribution in [2.24, 2.45) is 0 Å². The number of benzene rings is 9. The molecule has 0 unspecified atom stereocenters. The molecule has 0 aliphatic heterocycles. The molecule has 0 fully saturated rings. The quantitative estimate of drug-likeness (QED) is 0.159. The molecule has 0 saturated carbocycles. The van der Waals surface area contributed by atoms with Crippen LogP contribution in [-0.2, 0) is 5.41 Å². The SMILES string of the molecule is Cc1ccc(N(c2ccccc2)c2ccc3cc4c(cc3c2)C(C)(C)c2c-4c3ccccc3c3cc(N(c4ccccc4)c4ccc(C)cc4)ccc23)cc1. The molecule has 10 rings (SSSR count). The van der Waals surface area contributed by atoms with E-state index in [2.05, 4.69) is 219 Å². The fourth-order valence-electron chi connectivity index (χ4n) is 8.97. The molecule has 9 aromatic rings. The molecule has 0 heterocycles. The lowest BCUT2D eigenvalue weighted by atomic mass is 9.79. The molecular formula is C53H42N2. The van der Waals surface area contributed by atoms with Crippen LogP contribution in [0.25, 0.3) is 43.4 Å². The number of aryl methyl sites for hydroxylation is 2. The zero-order valence-electron chi connectivity index (χ0n) is 31.7. The highest BCUT2D eigenvalue weighted by atomic mass is 15.1. The minimum absolute atomic E-state index is 0.217. The first-order valence-corrected chi connectivity index (χ1v) is 19.3. The number of anilines is 6. The molecule has 0 amide bonds. The second-order valence-corrected chi connectivity index (χ2v) is 15.6. The molecule has 1 aliphatic carbocycles. The van der Waals surface area contributed by atoms with Gasteiger partial charge in [-0.3, -0.25) is 0 Å². The van der Waals surface area contributed by atoms with Crippen LogP contribution < -0.4 is 9.80 Å². The van der Waals surface area contributed by atoms with Crippen molar-refractivity contribution in [2.45, 2.75) is 33.1 Å². The molecule has 0 N–H and O–H groups in total. The second kappa shape index (κ2) is 12.7. The number of nitrogens with zero attached hydrogens (tertiary/aromatic N) is 2. The van der Waals surface area contributed by atoms with Crippen LogP contribution in [-0.4, -0.2) is 0 Å². The molecule has 2 nitrogen and oxygen atoms in total. The lowest BCUT2D eigenvalue weighted by Crippen LogP contribution is -2.16. The van der Waals surface area contributed by atoms with Gasteiger partial charge >= 0.3 is 0 Å². The van der Waals surface area contributed by atoms with Crippen LogP contribution >= 0.6 is 0 Å². The number of hydrogen-bond acceptors (Lipinski definition) is 2. The van der Waals surface area contributed by atoms with Gasteiger partial charge in [0.2, 0.25) is 0 Å². The third-order valence-corrected chi connectivity index (χ3v) is 11.7. The normalized spacial score (nSPS) is 12.9. The monoisotopic (exact) mass is 706 g/mol. The van der Waals surface area contributed by atoms with Crippen molar-refractivity contribution in [1.82, 2.24) is 0 Å². The van der Waals surface area contributed by atoms with Crippen LogP contribution in [0.3, 0.4) is 0 Å². The molecule has 0 bridgehead atoms. The molecule has 2 heteroatoms. The van der Waals surface area contributed by atoms with Crippen molar-refractivity contribution in [1.29, 1.82) is 0 Å². The minimum Gasteiger partial charge on any atom is -0.310 e. The lowest BCUT2D eigenvalue weighted by Gasteiger charge is -2.28. The number of para-hydroxylation sites is 2. The van der Waals surface area contributed by atoms with Crippen molar-refractivity contribution < 1.29 is 0 Å². The van der Waals surface area contributed by atoms with Crippen molar-refractivity contribution in [3.63, 3.8) is 0 Å². The predicted molar refractivity (Wildman–Crippen MR) is 235 cm³/mol. The summed E-state index contributed by atoms with van der Waals surface area (Å²) in [7, 11) is 0. The Kier molecular flexibility index (Phi) is 7.64. The maximum atomic E-state index is 2.47. The number of fused-ring (bicyclic) bond motifs is 9. The van der Waals surface area contributed by atoms with E-state index >= 15 is 0 Å². The minimum atomic E-state index is -0.217. The third-order valence-electron chi connectivity index (χ3n) is 11.7. The zero-order chi connectivity index (χ0) is 37.3. The second-order valence-electron chi connectivity index (χ2n) is 15.6. The largest absolute Gasteiger partial charge is 0.310 e. The van der Waals surface area contributed by atoms with E-state index in [9.17, 15) is 0 Å². The van der Waals surface area contributed by atoms with E-state index in [1.54, 1.807) is 0 Å². The van der Waals surface area contributed by atoms with E-state index in [1.807, 2.05) is 0 Å². The summed E-state index contributed by atoms with van der Waals surface area (Å²) < 4.78 is 0. The molecule has 264 valence electrons. The van der Waals surface area contributed by atoms with E-state index in [4.69, 9.17) is 0 Å². The van der Waals surface area contributed by atoms with Crippen LogP contribution in [0.15, 0.2) is 182 Å². The van der Waals surface area contributed by atoms with Gasteiger partial charge in [0.25, 0.3) is 0 Å². The predicted octanol–water partition coefficient (Wildman–Crippen LogP) is 15.0. The van der Waals surface area contributed by atoms with Crippen LogP contribution in [0.1, 0.15) is 36.1 Å². The average Bonchev–Trinajstić information content (AvgIpc) is 3.45. The molecule has 0 saturated heterocycles. The Bertz CT molecular complexity index is 2890. The first-order valence-electron chi connectivity index (χ1n) is 19.3. The molecule has 1 aliphatic rings. The summed E-state index contributed by atoms with van der Waals surface area (Å²) in [5.74, 6) is 0. The zero-order valence-corrected chi connectivity index (χ0v) is 31.7. The Hall–Kier alpha value is -6.64. The van der Waals surface area contributed by atoms with Gasteiger partial charge in [-0.2, -0.15) is 0 Å². The number of rotatable bonds is 6. The van der Waals surface area contributed by atoms with Crippen molar-refractivity contribution >= 4 is 66.4 Å². The molecule has 0 radical (unpaired) electrons. The van der Waals surface area contributed by atoms with Crippen molar-refractivity contribution in [3.8, 4) is 11.1 Å². The summed E-state index contributed by atoms with van der Waals surface area (Å²) in [5.41, 5.74) is 14.7. The van der Waals surface area contributed by atoms with Crippen LogP contribution in [0.2, 0.25) is 0 Å². The highest BCUT2D eigenvalue weighted by molar-refractivity contribution is 6.19. The maximum absolute atomic E-state index is 2.47. The molecule has 0 atom stereocenters. The lowest BCUT2D eigenvalue weighted by molar-refractivity contribution is 0.667. The van der Waals surface area contributed by atoms with Crippen molar-refractivity contribution in [3.05, 3.63) is 204 Å². The maximum Gasteiger partial charge on any atom is 0.0468 e. The Morgan fingerprint density at radius 2 is 0.855 bits per heavy atom. The Balaban J connectivity index is 1.16. The van der Waals surface area contributed by atoms with E-state index in [1.165, 1.54) is 65.7 Å². The Morgan fingerprint density at radius 3 is 1.45 bits per heavy atom. The highest BCUT2D eigenvalue weighted by Gasteiger charge is 2.39. The summed E-state index contributed by atoms with van der Waals surface area (Å²) in [6, 6.07) is 67.1. The van der Waals surface area contributed by atoms with Gasteiger partial charge in [0.1, 0.15) is 0 Å². The summed E-state index contributed by atoms with van der Waals surface area (Å²) in [5, 5.41) is 7.68. The first-order chi connectivity index (χ1) is 26.8. The van der Waals surface area contributed by atoms with Crippen LogP contribution in [0, 0.1) is 13.8 Å².